The molecule has 0 aromatic carbocycles. The Morgan fingerprint density at radius 3 is 2.61 bits per heavy atom. The van der Waals surface area contributed by atoms with Crippen molar-refractivity contribution < 1.29 is 8.42 Å². The van der Waals surface area contributed by atoms with Gasteiger partial charge in [0.25, 0.3) is 10.0 Å². The monoisotopic (exact) mass is 293 g/mol. The SMILES string of the molecule is CCCCN(CCCl)S(=O)(=O)c1cn(CC)cn1. The molecule has 0 saturated heterocycles. The quantitative estimate of drug-likeness (QED) is 0.688. The van der Waals surface area contributed by atoms with Gasteiger partial charge in [-0.2, -0.15) is 4.31 Å². The molecule has 1 aromatic rings. The number of aryl methyl sites for hydroxylation is 1. The maximum Gasteiger partial charge on any atom is 0.262 e. The van der Waals surface area contributed by atoms with E-state index < -0.39 is 10.0 Å². The molecule has 7 heteroatoms. The topological polar surface area (TPSA) is 55.2 Å². The van der Waals surface area contributed by atoms with Crippen molar-refractivity contribution in [1.29, 1.82) is 0 Å². The Morgan fingerprint density at radius 2 is 2.11 bits per heavy atom. The van der Waals surface area contributed by atoms with Crippen molar-refractivity contribution in [3.05, 3.63) is 12.5 Å². The minimum Gasteiger partial charge on any atom is -0.336 e. The van der Waals surface area contributed by atoms with Gasteiger partial charge < -0.3 is 4.57 Å². The highest BCUT2D eigenvalue weighted by atomic mass is 35.5. The molecule has 0 aliphatic rings. The smallest absolute Gasteiger partial charge is 0.262 e. The van der Waals surface area contributed by atoms with Crippen molar-refractivity contribution in [3.8, 4) is 0 Å². The Balaban J connectivity index is 2.92. The number of hydrogen-bond acceptors (Lipinski definition) is 3. The maximum absolute atomic E-state index is 12.3. The van der Waals surface area contributed by atoms with Gasteiger partial charge in [-0.05, 0) is 13.3 Å². The van der Waals surface area contributed by atoms with Gasteiger partial charge in [-0.3, -0.25) is 0 Å². The van der Waals surface area contributed by atoms with Crippen LogP contribution in [0.3, 0.4) is 0 Å². The Morgan fingerprint density at radius 1 is 1.39 bits per heavy atom. The zero-order chi connectivity index (χ0) is 13.6. The second-order valence-corrected chi connectivity index (χ2v) is 6.25. The van der Waals surface area contributed by atoms with Gasteiger partial charge in [-0.25, -0.2) is 13.4 Å². The number of aromatic nitrogens is 2. The molecule has 0 bridgehead atoms. The summed E-state index contributed by atoms with van der Waals surface area (Å²) in [6.45, 7) is 5.48. The molecule has 0 spiro atoms. The molecule has 0 amide bonds. The van der Waals surface area contributed by atoms with E-state index in [1.54, 1.807) is 10.8 Å². The van der Waals surface area contributed by atoms with Gasteiger partial charge in [0, 0.05) is 31.7 Å². The molecule has 5 nitrogen and oxygen atoms in total. The van der Waals surface area contributed by atoms with Gasteiger partial charge in [-0.15, -0.1) is 11.6 Å². The van der Waals surface area contributed by atoms with Gasteiger partial charge in [0.05, 0.1) is 6.33 Å². The summed E-state index contributed by atoms with van der Waals surface area (Å²) >= 11 is 5.67. The number of unbranched alkanes of at least 4 members (excludes halogenated alkanes) is 1. The fourth-order valence-corrected chi connectivity index (χ4v) is 3.28. The molecule has 0 unspecified atom stereocenters. The highest BCUT2D eigenvalue weighted by Gasteiger charge is 2.25. The zero-order valence-electron chi connectivity index (χ0n) is 10.8. The predicted octanol–water partition coefficient (Wildman–Crippen LogP) is 1.93. The lowest BCUT2D eigenvalue weighted by Crippen LogP contribution is -2.34. The molecule has 18 heavy (non-hydrogen) atoms. The molecular formula is C11H20ClN3O2S. The standard InChI is InChI=1S/C11H20ClN3O2S/c1-3-5-7-15(8-6-12)18(16,17)11-9-14(4-2)10-13-11/h9-10H,3-8H2,1-2H3. The van der Waals surface area contributed by atoms with Crippen LogP contribution < -0.4 is 0 Å². The van der Waals surface area contributed by atoms with Crippen molar-refractivity contribution in [2.24, 2.45) is 0 Å². The van der Waals surface area contributed by atoms with Gasteiger partial charge in [0.2, 0.25) is 0 Å². The van der Waals surface area contributed by atoms with E-state index in [2.05, 4.69) is 4.98 Å². The molecule has 1 heterocycles. The summed E-state index contributed by atoms with van der Waals surface area (Å²) in [4.78, 5) is 3.96. The molecule has 0 atom stereocenters. The number of rotatable bonds is 8. The molecule has 0 aliphatic carbocycles. The fraction of sp³-hybridized carbons (Fsp3) is 0.727. The summed E-state index contributed by atoms with van der Waals surface area (Å²) in [5, 5.41) is 0.102. The molecule has 1 aromatic heterocycles. The minimum absolute atomic E-state index is 0.102. The van der Waals surface area contributed by atoms with E-state index in [0.29, 0.717) is 19.6 Å². The summed E-state index contributed by atoms with van der Waals surface area (Å²) in [6.07, 6.45) is 4.86. The van der Waals surface area contributed by atoms with E-state index in [4.69, 9.17) is 11.6 Å². The van der Waals surface area contributed by atoms with Crippen molar-refractivity contribution >= 4 is 21.6 Å². The summed E-state index contributed by atoms with van der Waals surface area (Å²) in [6, 6.07) is 0. The van der Waals surface area contributed by atoms with E-state index in [0.717, 1.165) is 12.8 Å². The average molecular weight is 294 g/mol. The number of halogens is 1. The van der Waals surface area contributed by atoms with Crippen LogP contribution in [0.4, 0.5) is 0 Å². The Kier molecular flexibility index (Phi) is 6.11. The van der Waals surface area contributed by atoms with E-state index in [9.17, 15) is 8.42 Å². The van der Waals surface area contributed by atoms with E-state index in [1.165, 1.54) is 10.6 Å². The van der Waals surface area contributed by atoms with Crippen LogP contribution in [0.2, 0.25) is 0 Å². The molecular weight excluding hydrogens is 274 g/mol. The van der Waals surface area contributed by atoms with E-state index >= 15 is 0 Å². The van der Waals surface area contributed by atoms with Crippen LogP contribution in [0.1, 0.15) is 26.7 Å². The lowest BCUT2D eigenvalue weighted by atomic mass is 10.3. The predicted molar refractivity (Wildman–Crippen MR) is 72.3 cm³/mol. The third kappa shape index (κ3) is 3.70. The summed E-state index contributed by atoms with van der Waals surface area (Å²) < 4.78 is 27.8. The van der Waals surface area contributed by atoms with Crippen molar-refractivity contribution in [2.75, 3.05) is 19.0 Å². The highest BCUT2D eigenvalue weighted by molar-refractivity contribution is 7.89. The summed E-state index contributed by atoms with van der Waals surface area (Å²) in [5.74, 6) is 0.289. The van der Waals surface area contributed by atoms with E-state index in [-0.39, 0.29) is 10.9 Å². The van der Waals surface area contributed by atoms with Crippen LogP contribution in [0, 0.1) is 0 Å². The van der Waals surface area contributed by atoms with Crippen molar-refractivity contribution in [1.82, 2.24) is 13.9 Å². The Labute approximate surface area is 114 Å². The lowest BCUT2D eigenvalue weighted by Gasteiger charge is -2.19. The third-order valence-electron chi connectivity index (χ3n) is 2.67. The van der Waals surface area contributed by atoms with Crippen molar-refractivity contribution in [3.63, 3.8) is 0 Å². The molecule has 1 rings (SSSR count). The molecule has 0 N–H and O–H groups in total. The van der Waals surface area contributed by atoms with Crippen LogP contribution >= 0.6 is 11.6 Å². The van der Waals surface area contributed by atoms with Crippen LogP contribution in [0.15, 0.2) is 17.6 Å². The number of nitrogens with zero attached hydrogens (tertiary/aromatic N) is 3. The van der Waals surface area contributed by atoms with Crippen LogP contribution in [-0.4, -0.2) is 41.2 Å². The van der Waals surface area contributed by atoms with E-state index in [1.807, 2.05) is 13.8 Å². The lowest BCUT2D eigenvalue weighted by molar-refractivity contribution is 0.418. The number of imidazole rings is 1. The second kappa shape index (κ2) is 7.11. The first-order valence-electron chi connectivity index (χ1n) is 6.14. The molecule has 0 aliphatic heterocycles. The van der Waals surface area contributed by atoms with Crippen molar-refractivity contribution in [2.45, 2.75) is 38.3 Å². The second-order valence-electron chi connectivity index (χ2n) is 3.99. The van der Waals surface area contributed by atoms with Gasteiger partial charge >= 0.3 is 0 Å². The minimum atomic E-state index is -3.51. The molecule has 0 radical (unpaired) electrons. The summed E-state index contributed by atoms with van der Waals surface area (Å²) in [7, 11) is -3.51. The fourth-order valence-electron chi connectivity index (χ4n) is 1.56. The van der Waals surface area contributed by atoms with Crippen LogP contribution in [-0.2, 0) is 16.6 Å². The number of alkyl halides is 1. The first-order chi connectivity index (χ1) is 8.56. The first kappa shape index (κ1) is 15.5. The number of hydrogen-bond donors (Lipinski definition) is 0. The summed E-state index contributed by atoms with van der Waals surface area (Å²) in [5.41, 5.74) is 0. The largest absolute Gasteiger partial charge is 0.336 e. The molecule has 0 saturated carbocycles. The Hall–Kier alpha value is -0.590. The van der Waals surface area contributed by atoms with Crippen LogP contribution in [0.5, 0.6) is 0 Å². The average Bonchev–Trinajstić information content (AvgIpc) is 2.83. The van der Waals surface area contributed by atoms with Gasteiger partial charge in [0.1, 0.15) is 0 Å². The zero-order valence-corrected chi connectivity index (χ0v) is 12.4. The van der Waals surface area contributed by atoms with Gasteiger partial charge in [-0.1, -0.05) is 13.3 Å². The Bertz CT molecular complexity index is 459. The van der Waals surface area contributed by atoms with Gasteiger partial charge in [0.15, 0.2) is 5.03 Å². The maximum atomic E-state index is 12.3. The van der Waals surface area contributed by atoms with Crippen LogP contribution in [0.25, 0.3) is 0 Å². The first-order valence-corrected chi connectivity index (χ1v) is 8.11. The number of sulfonamides is 1. The molecule has 104 valence electrons. The molecule has 0 fully saturated rings. The third-order valence-corrected chi connectivity index (χ3v) is 4.63. The normalized spacial score (nSPS) is 12.2. The highest BCUT2D eigenvalue weighted by Crippen LogP contribution is 2.14.